The Bertz CT molecular complexity index is 1690. The number of carbonyl (C=O) groups is 1. The standard InChI is InChI=1S/C37H37BrN2O3/c1-37(2,3)29-17-19-33(43-25-27-13-8-5-9-14-27)32(24-29)35-31(18-20-34(41)42)36(28-15-10-16-30(38)23-28)40(39-35)22-21-26-11-6-4-7-12-26/h4-17,19,23-24H,18,20-22,25H2,1-3H3,(H,41,42). The van der Waals surface area contributed by atoms with Gasteiger partial charge in [0, 0.05) is 34.1 Å². The van der Waals surface area contributed by atoms with Crippen LogP contribution in [-0.4, -0.2) is 20.9 Å². The second-order valence-corrected chi connectivity index (χ2v) is 12.7. The SMILES string of the molecule is CC(C)(C)c1ccc(OCc2ccccc2)c(-c2nn(CCc3ccccc3)c(-c3cccc(Br)c3)c2CCC(=O)O)c1. The topological polar surface area (TPSA) is 64.4 Å². The van der Waals surface area contributed by atoms with Gasteiger partial charge in [0.1, 0.15) is 12.4 Å². The van der Waals surface area contributed by atoms with E-state index in [-0.39, 0.29) is 11.8 Å². The summed E-state index contributed by atoms with van der Waals surface area (Å²) >= 11 is 3.64. The molecule has 0 saturated heterocycles. The highest BCUT2D eigenvalue weighted by molar-refractivity contribution is 9.10. The van der Waals surface area contributed by atoms with E-state index >= 15 is 0 Å². The number of rotatable bonds is 11. The number of benzene rings is 4. The van der Waals surface area contributed by atoms with Gasteiger partial charge in [-0.25, -0.2) is 0 Å². The van der Waals surface area contributed by atoms with Crippen LogP contribution >= 0.6 is 15.9 Å². The van der Waals surface area contributed by atoms with Gasteiger partial charge in [-0.2, -0.15) is 5.10 Å². The largest absolute Gasteiger partial charge is 0.488 e. The molecule has 5 aromatic rings. The zero-order chi connectivity index (χ0) is 30.4. The first-order valence-corrected chi connectivity index (χ1v) is 15.4. The van der Waals surface area contributed by atoms with Gasteiger partial charge in [-0.1, -0.05) is 116 Å². The summed E-state index contributed by atoms with van der Waals surface area (Å²) in [5.74, 6) is -0.117. The Kier molecular flexibility index (Phi) is 9.46. The maximum Gasteiger partial charge on any atom is 0.303 e. The van der Waals surface area contributed by atoms with Gasteiger partial charge in [-0.3, -0.25) is 9.48 Å². The average molecular weight is 638 g/mol. The number of ether oxygens (including phenoxy) is 1. The summed E-state index contributed by atoms with van der Waals surface area (Å²) in [6, 6.07) is 34.9. The number of halogens is 1. The molecule has 4 aromatic carbocycles. The third-order valence-electron chi connectivity index (χ3n) is 7.53. The number of aromatic nitrogens is 2. The molecule has 1 heterocycles. The highest BCUT2D eigenvalue weighted by Crippen LogP contribution is 2.40. The van der Waals surface area contributed by atoms with Crippen molar-refractivity contribution in [2.75, 3.05) is 0 Å². The van der Waals surface area contributed by atoms with Gasteiger partial charge in [0.15, 0.2) is 0 Å². The van der Waals surface area contributed by atoms with Crippen LogP contribution in [0.25, 0.3) is 22.5 Å². The van der Waals surface area contributed by atoms with Crippen molar-refractivity contribution in [3.05, 3.63) is 130 Å². The molecule has 220 valence electrons. The van der Waals surface area contributed by atoms with Crippen LogP contribution in [-0.2, 0) is 36.2 Å². The third-order valence-corrected chi connectivity index (χ3v) is 8.02. The first kappa shape index (κ1) is 30.3. The molecular weight excluding hydrogens is 600 g/mol. The Morgan fingerprint density at radius 2 is 1.56 bits per heavy atom. The first-order chi connectivity index (χ1) is 20.7. The fourth-order valence-electron chi connectivity index (χ4n) is 5.23. The van der Waals surface area contributed by atoms with Crippen molar-refractivity contribution in [3.8, 4) is 28.3 Å². The fraction of sp³-hybridized carbons (Fsp3) is 0.243. The number of nitrogens with zero attached hydrogens (tertiary/aromatic N) is 2. The molecule has 5 nitrogen and oxygen atoms in total. The molecule has 6 heteroatoms. The number of aryl methyl sites for hydroxylation is 2. The minimum Gasteiger partial charge on any atom is -0.488 e. The molecule has 1 N–H and O–H groups in total. The lowest BCUT2D eigenvalue weighted by Gasteiger charge is -2.21. The minimum atomic E-state index is -0.841. The number of carboxylic acid groups (broad SMARTS) is 1. The molecule has 1 aromatic heterocycles. The number of carboxylic acids is 1. The Labute approximate surface area is 262 Å². The van der Waals surface area contributed by atoms with Crippen molar-refractivity contribution >= 4 is 21.9 Å². The Hall–Kier alpha value is -4.16. The van der Waals surface area contributed by atoms with Gasteiger partial charge < -0.3 is 9.84 Å². The van der Waals surface area contributed by atoms with Crippen molar-refractivity contribution in [3.63, 3.8) is 0 Å². The van der Waals surface area contributed by atoms with Crippen molar-refractivity contribution in [2.24, 2.45) is 0 Å². The van der Waals surface area contributed by atoms with E-state index in [4.69, 9.17) is 9.84 Å². The molecule has 0 aliphatic rings. The van der Waals surface area contributed by atoms with Gasteiger partial charge in [-0.05, 0) is 59.2 Å². The summed E-state index contributed by atoms with van der Waals surface area (Å²) in [7, 11) is 0. The number of hydrogen-bond donors (Lipinski definition) is 1. The Morgan fingerprint density at radius 3 is 2.21 bits per heavy atom. The lowest BCUT2D eigenvalue weighted by Crippen LogP contribution is -2.11. The van der Waals surface area contributed by atoms with E-state index in [0.29, 0.717) is 19.6 Å². The van der Waals surface area contributed by atoms with Crippen molar-refractivity contribution < 1.29 is 14.6 Å². The molecule has 0 unspecified atom stereocenters. The van der Waals surface area contributed by atoms with Crippen LogP contribution in [0.15, 0.2) is 108 Å². The first-order valence-electron chi connectivity index (χ1n) is 14.6. The summed E-state index contributed by atoms with van der Waals surface area (Å²) in [4.78, 5) is 11.9. The number of hydrogen-bond acceptors (Lipinski definition) is 3. The zero-order valence-electron chi connectivity index (χ0n) is 24.9. The van der Waals surface area contributed by atoms with E-state index in [9.17, 15) is 9.90 Å². The lowest BCUT2D eigenvalue weighted by atomic mass is 9.85. The molecule has 0 aliphatic heterocycles. The van der Waals surface area contributed by atoms with E-state index in [0.717, 1.165) is 55.8 Å². The van der Waals surface area contributed by atoms with Crippen LogP contribution in [0.5, 0.6) is 5.75 Å². The molecule has 0 aliphatic carbocycles. The molecule has 0 fully saturated rings. The molecule has 0 radical (unpaired) electrons. The van der Waals surface area contributed by atoms with Crippen molar-refractivity contribution in [2.45, 2.75) is 58.6 Å². The minimum absolute atomic E-state index is 0.00243. The second kappa shape index (κ2) is 13.4. The van der Waals surface area contributed by atoms with Crippen LogP contribution in [0.3, 0.4) is 0 Å². The van der Waals surface area contributed by atoms with E-state index in [1.165, 1.54) is 5.56 Å². The third kappa shape index (κ3) is 7.63. The predicted octanol–water partition coefficient (Wildman–Crippen LogP) is 9.12. The van der Waals surface area contributed by atoms with Crippen LogP contribution in [0.2, 0.25) is 0 Å². The zero-order valence-corrected chi connectivity index (χ0v) is 26.5. The second-order valence-electron chi connectivity index (χ2n) is 11.8. The monoisotopic (exact) mass is 636 g/mol. The molecule has 0 spiro atoms. The highest BCUT2D eigenvalue weighted by Gasteiger charge is 2.25. The van der Waals surface area contributed by atoms with E-state index in [2.05, 4.69) is 73.1 Å². The summed E-state index contributed by atoms with van der Waals surface area (Å²) < 4.78 is 9.46. The van der Waals surface area contributed by atoms with E-state index < -0.39 is 5.97 Å². The molecule has 5 rings (SSSR count). The van der Waals surface area contributed by atoms with Crippen LogP contribution in [0, 0.1) is 0 Å². The molecular formula is C37H37BrN2O3. The maximum atomic E-state index is 11.9. The average Bonchev–Trinajstić information content (AvgIpc) is 3.36. The lowest BCUT2D eigenvalue weighted by molar-refractivity contribution is -0.136. The molecule has 43 heavy (non-hydrogen) atoms. The maximum absolute atomic E-state index is 11.9. The Morgan fingerprint density at radius 1 is 0.860 bits per heavy atom. The Balaban J connectivity index is 1.69. The van der Waals surface area contributed by atoms with Crippen LogP contribution in [0.4, 0.5) is 0 Å². The van der Waals surface area contributed by atoms with Gasteiger partial charge >= 0.3 is 5.97 Å². The summed E-state index contributed by atoms with van der Waals surface area (Å²) in [5.41, 5.74) is 7.81. The van der Waals surface area contributed by atoms with Gasteiger partial charge in [0.05, 0.1) is 11.4 Å². The predicted molar refractivity (Wildman–Crippen MR) is 176 cm³/mol. The van der Waals surface area contributed by atoms with Crippen LogP contribution < -0.4 is 4.74 Å². The fourth-order valence-corrected chi connectivity index (χ4v) is 5.63. The normalized spacial score (nSPS) is 11.4. The molecule has 0 bridgehead atoms. The number of aliphatic carboxylic acids is 1. The summed E-state index contributed by atoms with van der Waals surface area (Å²) in [5, 5.41) is 15.0. The van der Waals surface area contributed by atoms with E-state index in [1.54, 1.807) is 0 Å². The van der Waals surface area contributed by atoms with Crippen molar-refractivity contribution in [1.82, 2.24) is 9.78 Å². The quantitative estimate of drug-likeness (QED) is 0.157. The van der Waals surface area contributed by atoms with Crippen LogP contribution in [0.1, 0.15) is 49.4 Å². The smallest absolute Gasteiger partial charge is 0.303 e. The van der Waals surface area contributed by atoms with E-state index in [1.807, 2.05) is 71.4 Å². The molecule has 0 saturated carbocycles. The highest BCUT2D eigenvalue weighted by atomic mass is 79.9. The van der Waals surface area contributed by atoms with Gasteiger partial charge in [-0.15, -0.1) is 0 Å². The van der Waals surface area contributed by atoms with Crippen molar-refractivity contribution in [1.29, 1.82) is 0 Å². The van der Waals surface area contributed by atoms with Gasteiger partial charge in [0.2, 0.25) is 0 Å². The van der Waals surface area contributed by atoms with Gasteiger partial charge in [0.25, 0.3) is 0 Å². The summed E-state index contributed by atoms with van der Waals surface area (Å²) in [6.07, 6.45) is 1.13. The summed E-state index contributed by atoms with van der Waals surface area (Å²) in [6.45, 7) is 7.62. The molecule has 0 amide bonds. The molecule has 0 atom stereocenters.